The highest BCUT2D eigenvalue weighted by Gasteiger charge is 2.26. The molecular weight excluding hydrogens is 268 g/mol. The van der Waals surface area contributed by atoms with Gasteiger partial charge in [0.25, 0.3) is 0 Å². The molecule has 0 radical (unpaired) electrons. The number of azide groups is 1. The van der Waals surface area contributed by atoms with E-state index in [0.717, 1.165) is 24.9 Å². The van der Waals surface area contributed by atoms with E-state index in [4.69, 9.17) is 11.3 Å². The molecule has 0 spiro atoms. The van der Waals surface area contributed by atoms with Gasteiger partial charge < -0.3 is 10.3 Å². The van der Waals surface area contributed by atoms with E-state index in [0.29, 0.717) is 11.3 Å². The Morgan fingerprint density at radius 3 is 3.00 bits per heavy atom. The molecule has 100 valence electrons. The van der Waals surface area contributed by atoms with Gasteiger partial charge in [-0.25, -0.2) is 15.0 Å². The van der Waals surface area contributed by atoms with Crippen LogP contribution in [0.4, 0.5) is 5.82 Å². The van der Waals surface area contributed by atoms with E-state index in [-0.39, 0.29) is 24.5 Å². The molecule has 0 bridgehead atoms. The first-order chi connectivity index (χ1) is 8.79. The van der Waals surface area contributed by atoms with Crippen molar-refractivity contribution in [3.8, 4) is 0 Å². The molecule has 0 amide bonds. The fourth-order valence-corrected chi connectivity index (χ4v) is 2.50. The monoisotopic (exact) mass is 280 g/mol. The van der Waals surface area contributed by atoms with Crippen LogP contribution >= 0.6 is 12.4 Å². The molecule has 0 aromatic carbocycles. The van der Waals surface area contributed by atoms with Crippen LogP contribution < -0.4 is 5.73 Å². The third-order valence-corrected chi connectivity index (χ3v) is 3.37. The van der Waals surface area contributed by atoms with E-state index in [1.54, 1.807) is 6.33 Å². The second kappa shape index (κ2) is 5.29. The number of hydrogen-bond donors (Lipinski definition) is 1. The van der Waals surface area contributed by atoms with Crippen LogP contribution in [0.25, 0.3) is 21.6 Å². The van der Waals surface area contributed by atoms with Gasteiger partial charge in [-0.3, -0.25) is 0 Å². The Hall–Kier alpha value is -2.05. The summed E-state index contributed by atoms with van der Waals surface area (Å²) >= 11 is 0. The lowest BCUT2D eigenvalue weighted by atomic mass is 10.2. The molecule has 1 fully saturated rings. The Kier molecular flexibility index (Phi) is 3.73. The number of rotatable bonds is 2. The Morgan fingerprint density at radius 1 is 1.37 bits per heavy atom. The maximum absolute atomic E-state index is 8.45. The fraction of sp³-hybridized carbons (Fsp3) is 0.500. The minimum atomic E-state index is 0. The van der Waals surface area contributed by atoms with Gasteiger partial charge >= 0.3 is 0 Å². The Balaban J connectivity index is 0.00000133. The van der Waals surface area contributed by atoms with Gasteiger partial charge in [0.2, 0.25) is 0 Å². The zero-order valence-electron chi connectivity index (χ0n) is 10.0. The number of aromatic nitrogens is 4. The van der Waals surface area contributed by atoms with E-state index in [1.165, 1.54) is 6.33 Å². The van der Waals surface area contributed by atoms with Gasteiger partial charge in [0.05, 0.1) is 6.33 Å². The smallest absolute Gasteiger partial charge is 0.165 e. The molecule has 1 aliphatic rings. The van der Waals surface area contributed by atoms with Crippen molar-refractivity contribution in [2.45, 2.75) is 31.3 Å². The quantitative estimate of drug-likeness (QED) is 0.515. The Labute approximate surface area is 115 Å². The summed E-state index contributed by atoms with van der Waals surface area (Å²) in [6.07, 6.45) is 5.85. The van der Waals surface area contributed by atoms with E-state index in [9.17, 15) is 0 Å². The molecule has 0 aliphatic heterocycles. The maximum atomic E-state index is 8.45. The number of hydrogen-bond acceptors (Lipinski definition) is 5. The lowest BCUT2D eigenvalue weighted by molar-refractivity contribution is 0.519. The van der Waals surface area contributed by atoms with Crippen LogP contribution in [-0.4, -0.2) is 25.6 Å². The van der Waals surface area contributed by atoms with Crippen LogP contribution in [0, 0.1) is 0 Å². The average molecular weight is 281 g/mol. The van der Waals surface area contributed by atoms with Crippen LogP contribution in [0.3, 0.4) is 0 Å². The number of nitrogens with zero attached hydrogens (tertiary/aromatic N) is 7. The van der Waals surface area contributed by atoms with Crippen molar-refractivity contribution in [3.05, 3.63) is 23.1 Å². The highest BCUT2D eigenvalue weighted by molar-refractivity contribution is 5.85. The van der Waals surface area contributed by atoms with Crippen molar-refractivity contribution in [1.29, 1.82) is 0 Å². The van der Waals surface area contributed by atoms with Crippen LogP contribution in [0.1, 0.15) is 25.3 Å². The van der Waals surface area contributed by atoms with Gasteiger partial charge in [-0.15, -0.1) is 12.4 Å². The zero-order valence-corrected chi connectivity index (χ0v) is 10.9. The first-order valence-corrected chi connectivity index (χ1v) is 5.77. The summed E-state index contributed by atoms with van der Waals surface area (Å²) in [5.41, 5.74) is 15.6. The normalized spacial score (nSPS) is 21.9. The summed E-state index contributed by atoms with van der Waals surface area (Å²) in [5.74, 6) is 0.392. The van der Waals surface area contributed by atoms with E-state index >= 15 is 0 Å². The molecule has 2 heterocycles. The molecule has 1 aliphatic carbocycles. The zero-order chi connectivity index (χ0) is 12.5. The van der Waals surface area contributed by atoms with Gasteiger partial charge in [0.1, 0.15) is 11.8 Å². The maximum Gasteiger partial charge on any atom is 0.165 e. The minimum absolute atomic E-state index is 0. The highest BCUT2D eigenvalue weighted by Crippen LogP contribution is 2.34. The van der Waals surface area contributed by atoms with Crippen molar-refractivity contribution in [2.24, 2.45) is 5.11 Å². The molecule has 2 aromatic heterocycles. The van der Waals surface area contributed by atoms with E-state index < -0.39 is 0 Å². The third kappa shape index (κ3) is 2.27. The molecule has 8 nitrogen and oxygen atoms in total. The number of nitrogens with two attached hydrogens (primary N) is 1. The summed E-state index contributed by atoms with van der Waals surface area (Å²) < 4.78 is 2.00. The Bertz CT molecular complexity index is 631. The molecule has 3 rings (SSSR count). The van der Waals surface area contributed by atoms with Gasteiger partial charge in [-0.1, -0.05) is 5.11 Å². The molecule has 2 unspecified atom stereocenters. The topological polar surface area (TPSA) is 118 Å². The van der Waals surface area contributed by atoms with E-state index in [2.05, 4.69) is 25.0 Å². The summed E-state index contributed by atoms with van der Waals surface area (Å²) in [4.78, 5) is 15.2. The van der Waals surface area contributed by atoms with Crippen molar-refractivity contribution < 1.29 is 0 Å². The molecule has 2 aromatic rings. The predicted octanol–water partition coefficient (Wildman–Crippen LogP) is 2.23. The van der Waals surface area contributed by atoms with Crippen molar-refractivity contribution in [1.82, 2.24) is 19.5 Å². The second-order valence-electron chi connectivity index (χ2n) is 4.41. The largest absolute Gasteiger partial charge is 0.382 e. The first kappa shape index (κ1) is 13.4. The molecule has 19 heavy (non-hydrogen) atoms. The summed E-state index contributed by atoms with van der Waals surface area (Å²) in [6.45, 7) is 0. The molecule has 9 heteroatoms. The summed E-state index contributed by atoms with van der Waals surface area (Å²) in [7, 11) is 0. The number of fused-ring (bicyclic) bond motifs is 1. The van der Waals surface area contributed by atoms with Crippen molar-refractivity contribution >= 4 is 29.4 Å². The number of nitrogen functional groups attached to an aromatic ring is 1. The third-order valence-electron chi connectivity index (χ3n) is 3.37. The van der Waals surface area contributed by atoms with Gasteiger partial charge in [0.15, 0.2) is 11.5 Å². The molecule has 0 saturated heterocycles. The van der Waals surface area contributed by atoms with Gasteiger partial charge in [-0.2, -0.15) is 0 Å². The molecule has 1 saturated carbocycles. The summed E-state index contributed by atoms with van der Waals surface area (Å²) in [6, 6.07) is 0.330. The second-order valence-corrected chi connectivity index (χ2v) is 4.41. The van der Waals surface area contributed by atoms with E-state index in [1.807, 2.05) is 4.57 Å². The lowest BCUT2D eigenvalue weighted by Crippen LogP contribution is -2.06. The average Bonchev–Trinajstić information content (AvgIpc) is 2.96. The van der Waals surface area contributed by atoms with Gasteiger partial charge in [0, 0.05) is 17.0 Å². The molecule has 2 N–H and O–H groups in total. The standard InChI is InChI=1S/C10H12N8.ClH/c11-9-8-10(14-4-13-9)18(5-15-8)7-2-1-6(3-7)16-17-12;/h4-7H,1-3H2,(H2,11,13,14);1H. The molecular formula is C10H13ClN8. The van der Waals surface area contributed by atoms with Crippen molar-refractivity contribution in [3.63, 3.8) is 0 Å². The predicted molar refractivity (Wildman–Crippen MR) is 72.8 cm³/mol. The fourth-order valence-electron chi connectivity index (χ4n) is 2.50. The molecule has 2 atom stereocenters. The first-order valence-electron chi connectivity index (χ1n) is 5.77. The number of anilines is 1. The highest BCUT2D eigenvalue weighted by atomic mass is 35.5. The minimum Gasteiger partial charge on any atom is -0.382 e. The van der Waals surface area contributed by atoms with Crippen LogP contribution in [0.5, 0.6) is 0 Å². The Morgan fingerprint density at radius 2 is 2.21 bits per heavy atom. The van der Waals surface area contributed by atoms with Crippen LogP contribution in [0.2, 0.25) is 0 Å². The van der Waals surface area contributed by atoms with Crippen LogP contribution in [-0.2, 0) is 0 Å². The van der Waals surface area contributed by atoms with Crippen LogP contribution in [0.15, 0.2) is 17.8 Å². The van der Waals surface area contributed by atoms with Gasteiger partial charge in [-0.05, 0) is 24.8 Å². The van der Waals surface area contributed by atoms with Crippen molar-refractivity contribution in [2.75, 3.05) is 5.73 Å². The number of imidazole rings is 1. The number of halogens is 1. The summed E-state index contributed by atoms with van der Waals surface area (Å²) in [5, 5.41) is 3.77. The lowest BCUT2D eigenvalue weighted by Gasteiger charge is -2.11. The SMILES string of the molecule is Cl.[N-]=[N+]=NC1CCC(n2cnc3c(N)ncnc32)C1.